The lowest BCUT2D eigenvalue weighted by atomic mass is 10.1. The summed E-state index contributed by atoms with van der Waals surface area (Å²) in [6.45, 7) is 6.25. The second kappa shape index (κ2) is 10.4. The van der Waals surface area contributed by atoms with Gasteiger partial charge in [-0.05, 0) is 42.6 Å². The van der Waals surface area contributed by atoms with Crippen LogP contribution in [-0.4, -0.2) is 47.6 Å². The van der Waals surface area contributed by atoms with Crippen LogP contribution in [-0.2, 0) is 13.2 Å². The van der Waals surface area contributed by atoms with Crippen LogP contribution in [0.5, 0.6) is 11.5 Å². The molecule has 0 aliphatic heterocycles. The van der Waals surface area contributed by atoms with Crippen molar-refractivity contribution >= 4 is 23.2 Å². The van der Waals surface area contributed by atoms with Crippen LogP contribution in [0.15, 0.2) is 35.7 Å². The van der Waals surface area contributed by atoms with Gasteiger partial charge >= 0.3 is 0 Å². The first kappa shape index (κ1) is 22.8. The van der Waals surface area contributed by atoms with E-state index in [9.17, 15) is 0 Å². The predicted molar refractivity (Wildman–Crippen MR) is 125 cm³/mol. The summed E-state index contributed by atoms with van der Waals surface area (Å²) in [6.07, 6.45) is 0. The third kappa shape index (κ3) is 5.83. The highest BCUT2D eigenvalue weighted by Gasteiger charge is 2.20. The number of benzene rings is 1. The number of nitrogen functional groups attached to an aromatic ring is 1. The van der Waals surface area contributed by atoms with Gasteiger partial charge < -0.3 is 20.1 Å². The monoisotopic (exact) mass is 442 g/mol. The Bertz CT molecular complexity index is 980. The van der Waals surface area contributed by atoms with Crippen molar-refractivity contribution in [1.82, 2.24) is 19.9 Å². The maximum Gasteiger partial charge on any atom is 0.229 e. The molecule has 0 saturated carbocycles. The predicted octanol–water partition coefficient (Wildman–Crippen LogP) is 3.75. The van der Waals surface area contributed by atoms with Crippen molar-refractivity contribution in [2.24, 2.45) is 0 Å². The lowest BCUT2D eigenvalue weighted by Gasteiger charge is -2.27. The molecule has 2 heterocycles. The zero-order chi connectivity index (χ0) is 22.4. The van der Waals surface area contributed by atoms with Crippen molar-refractivity contribution in [3.8, 4) is 11.5 Å². The Kier molecular flexibility index (Phi) is 7.64. The third-order valence-corrected chi connectivity index (χ3v) is 5.80. The van der Waals surface area contributed by atoms with Gasteiger partial charge in [0.25, 0.3) is 0 Å². The van der Waals surface area contributed by atoms with E-state index in [1.165, 1.54) is 4.88 Å². The van der Waals surface area contributed by atoms with Crippen LogP contribution in [0.3, 0.4) is 0 Å². The van der Waals surface area contributed by atoms with Gasteiger partial charge in [-0.2, -0.15) is 15.0 Å². The van der Waals surface area contributed by atoms with Crippen molar-refractivity contribution in [3.63, 3.8) is 0 Å². The lowest BCUT2D eigenvalue weighted by molar-refractivity contribution is 0.204. The standard InChI is InChI=1S/C22H30N6O2S/c1-6-28(15(2)20-24-21(23)26-22(25-20)27(3)4)13-16-9-10-18(19(12-16)29-5)30-14-17-8-7-11-31-17/h7-12,15H,6,13-14H2,1-5H3,(H2,23,24,25,26). The number of anilines is 2. The van der Waals surface area contributed by atoms with Crippen LogP contribution in [0.4, 0.5) is 11.9 Å². The number of nitrogens with two attached hydrogens (primary N) is 1. The number of ether oxygens (including phenoxy) is 2. The van der Waals surface area contributed by atoms with Gasteiger partial charge in [0.05, 0.1) is 13.2 Å². The smallest absolute Gasteiger partial charge is 0.229 e. The zero-order valence-electron chi connectivity index (χ0n) is 18.7. The summed E-state index contributed by atoms with van der Waals surface area (Å²) in [7, 11) is 5.43. The molecule has 2 N–H and O–H groups in total. The molecule has 1 aromatic carbocycles. The van der Waals surface area contributed by atoms with E-state index >= 15 is 0 Å². The van der Waals surface area contributed by atoms with Crippen LogP contribution >= 0.6 is 11.3 Å². The second-order valence-corrected chi connectivity index (χ2v) is 8.37. The first-order valence-electron chi connectivity index (χ1n) is 10.2. The molecule has 3 aromatic rings. The fourth-order valence-electron chi connectivity index (χ4n) is 3.18. The number of aromatic nitrogens is 3. The molecule has 0 fully saturated rings. The minimum absolute atomic E-state index is 0.0326. The number of methoxy groups -OCH3 is 1. The van der Waals surface area contributed by atoms with Gasteiger partial charge in [0.15, 0.2) is 17.3 Å². The molecule has 1 unspecified atom stereocenters. The Labute approximate surface area is 187 Å². The molecule has 0 saturated heterocycles. The molecule has 9 heteroatoms. The molecule has 1 atom stereocenters. The molecule has 3 rings (SSSR count). The molecular weight excluding hydrogens is 412 g/mol. The van der Waals surface area contributed by atoms with Crippen molar-refractivity contribution in [2.45, 2.75) is 33.0 Å². The lowest BCUT2D eigenvalue weighted by Crippen LogP contribution is -2.29. The molecule has 166 valence electrons. The van der Waals surface area contributed by atoms with E-state index in [1.54, 1.807) is 18.4 Å². The van der Waals surface area contributed by atoms with E-state index in [4.69, 9.17) is 15.2 Å². The van der Waals surface area contributed by atoms with E-state index in [-0.39, 0.29) is 12.0 Å². The molecule has 0 amide bonds. The second-order valence-electron chi connectivity index (χ2n) is 7.34. The normalized spacial score (nSPS) is 12.1. The molecule has 8 nitrogen and oxygen atoms in total. The summed E-state index contributed by atoms with van der Waals surface area (Å²) in [4.78, 5) is 18.4. The van der Waals surface area contributed by atoms with Gasteiger partial charge in [-0.15, -0.1) is 11.3 Å². The van der Waals surface area contributed by atoms with Gasteiger partial charge in [-0.1, -0.05) is 19.1 Å². The maximum absolute atomic E-state index is 5.95. The maximum atomic E-state index is 5.95. The van der Waals surface area contributed by atoms with Crippen molar-refractivity contribution in [3.05, 3.63) is 52.0 Å². The molecule has 0 radical (unpaired) electrons. The number of hydrogen-bond acceptors (Lipinski definition) is 9. The highest BCUT2D eigenvalue weighted by molar-refractivity contribution is 7.09. The minimum atomic E-state index is -0.0326. The van der Waals surface area contributed by atoms with E-state index in [1.807, 2.05) is 42.6 Å². The SMILES string of the molecule is CCN(Cc1ccc(OCc2cccs2)c(OC)c1)C(C)c1nc(N)nc(N(C)C)n1. The summed E-state index contributed by atoms with van der Waals surface area (Å²) in [5, 5.41) is 2.04. The Hall–Kier alpha value is -2.91. The largest absolute Gasteiger partial charge is 0.493 e. The Balaban J connectivity index is 1.75. The Morgan fingerprint density at radius 1 is 1.13 bits per heavy atom. The summed E-state index contributed by atoms with van der Waals surface area (Å²) in [6, 6.07) is 10.1. The molecule has 0 aliphatic carbocycles. The number of hydrogen-bond donors (Lipinski definition) is 1. The van der Waals surface area contributed by atoms with Gasteiger partial charge in [-0.25, -0.2) is 0 Å². The van der Waals surface area contributed by atoms with Crippen molar-refractivity contribution < 1.29 is 9.47 Å². The Morgan fingerprint density at radius 2 is 1.94 bits per heavy atom. The van der Waals surface area contributed by atoms with Gasteiger partial charge in [0.1, 0.15) is 6.61 Å². The molecule has 31 heavy (non-hydrogen) atoms. The van der Waals surface area contributed by atoms with Crippen LogP contribution in [0.25, 0.3) is 0 Å². The molecule has 0 aliphatic rings. The van der Waals surface area contributed by atoms with Crippen LogP contribution in [0, 0.1) is 0 Å². The fraction of sp³-hybridized carbons (Fsp3) is 0.409. The Morgan fingerprint density at radius 3 is 2.58 bits per heavy atom. The average molecular weight is 443 g/mol. The average Bonchev–Trinajstić information content (AvgIpc) is 3.29. The fourth-order valence-corrected chi connectivity index (χ4v) is 3.79. The summed E-state index contributed by atoms with van der Waals surface area (Å²) in [5.74, 6) is 2.89. The molecule has 0 spiro atoms. The molecule has 2 aromatic heterocycles. The molecule has 0 bridgehead atoms. The van der Waals surface area contributed by atoms with Gasteiger partial charge in [0, 0.05) is 25.5 Å². The highest BCUT2D eigenvalue weighted by atomic mass is 32.1. The topological polar surface area (TPSA) is 89.6 Å². The highest BCUT2D eigenvalue weighted by Crippen LogP contribution is 2.31. The summed E-state index contributed by atoms with van der Waals surface area (Å²) in [5.41, 5.74) is 7.02. The van der Waals surface area contributed by atoms with E-state index < -0.39 is 0 Å². The van der Waals surface area contributed by atoms with Crippen LogP contribution < -0.4 is 20.1 Å². The van der Waals surface area contributed by atoms with Gasteiger partial charge in [0.2, 0.25) is 11.9 Å². The quantitative estimate of drug-likeness (QED) is 0.508. The van der Waals surface area contributed by atoms with Gasteiger partial charge in [-0.3, -0.25) is 4.90 Å². The molecular formula is C22H30N6O2S. The van der Waals surface area contributed by atoms with Crippen molar-refractivity contribution in [1.29, 1.82) is 0 Å². The van der Waals surface area contributed by atoms with E-state index in [2.05, 4.69) is 45.8 Å². The summed E-state index contributed by atoms with van der Waals surface area (Å²) >= 11 is 1.67. The third-order valence-electron chi connectivity index (χ3n) is 4.95. The van der Waals surface area contributed by atoms with Crippen molar-refractivity contribution in [2.75, 3.05) is 38.4 Å². The van der Waals surface area contributed by atoms with E-state index in [0.29, 0.717) is 24.9 Å². The first-order valence-corrected chi connectivity index (χ1v) is 11.0. The van der Waals surface area contributed by atoms with Crippen LogP contribution in [0.2, 0.25) is 0 Å². The minimum Gasteiger partial charge on any atom is -0.493 e. The first-order chi connectivity index (χ1) is 14.9. The van der Waals surface area contributed by atoms with Crippen LogP contribution in [0.1, 0.15) is 36.2 Å². The number of rotatable bonds is 10. The number of nitrogens with zero attached hydrogens (tertiary/aromatic N) is 5. The zero-order valence-corrected chi connectivity index (χ0v) is 19.5. The number of thiophene rings is 1. The summed E-state index contributed by atoms with van der Waals surface area (Å²) < 4.78 is 11.5. The van der Waals surface area contributed by atoms with E-state index in [0.717, 1.165) is 23.6 Å².